The van der Waals surface area contributed by atoms with E-state index >= 15 is 0 Å². The van der Waals surface area contributed by atoms with Crippen molar-refractivity contribution in [1.82, 2.24) is 10.3 Å². The van der Waals surface area contributed by atoms with Crippen molar-refractivity contribution in [1.29, 1.82) is 0 Å². The zero-order valence-corrected chi connectivity index (χ0v) is 21.1. The fourth-order valence-corrected chi connectivity index (χ4v) is 5.69. The van der Waals surface area contributed by atoms with E-state index in [0.29, 0.717) is 10.8 Å². The van der Waals surface area contributed by atoms with Gasteiger partial charge in [0.15, 0.2) is 10.2 Å². The van der Waals surface area contributed by atoms with Crippen molar-refractivity contribution in [2.45, 2.75) is 22.1 Å². The van der Waals surface area contributed by atoms with Gasteiger partial charge >= 0.3 is 0 Å². The molecule has 0 amide bonds. The number of nitrogens with zero attached hydrogens (tertiary/aromatic N) is 2. The molecule has 7 nitrogen and oxygen atoms in total. The summed E-state index contributed by atoms with van der Waals surface area (Å²) in [4.78, 5) is 7.62. The Morgan fingerprint density at radius 2 is 1.74 bits per heavy atom. The third-order valence-corrected chi connectivity index (χ3v) is 7.25. The Morgan fingerprint density at radius 3 is 2.43 bits per heavy atom. The molecule has 0 radical (unpaired) electrons. The molecule has 0 bridgehead atoms. The summed E-state index contributed by atoms with van der Waals surface area (Å²) in [6, 6.07) is 26.3. The first-order chi connectivity index (χ1) is 16.9. The Bertz CT molecular complexity index is 1430. The monoisotopic (exact) mass is 522 g/mol. The molecule has 2 aromatic carbocycles. The van der Waals surface area contributed by atoms with Crippen molar-refractivity contribution in [2.75, 3.05) is 15.9 Å². The van der Waals surface area contributed by atoms with Crippen LogP contribution >= 0.6 is 24.0 Å². The van der Waals surface area contributed by atoms with Gasteiger partial charge in [0.25, 0.3) is 0 Å². The lowest BCUT2D eigenvalue weighted by Crippen LogP contribution is -2.29. The number of hydrogen-bond acceptors (Lipinski definition) is 6. The number of nitrogens with one attached hydrogen (secondary N) is 2. The standard InChI is InChI=1S/C25H22N4O3S3/c1-35(30,31)28-17-10-12-18(13-11-17)29-24(23(27-25(29)33)20-9-5-6-16-26-20)21-14-15-22(32-21)34-19-7-3-2-4-8-19/h2-16,23-24,28H,1H3,(H,27,33). The molecule has 1 aliphatic heterocycles. The molecule has 1 saturated heterocycles. The van der Waals surface area contributed by atoms with Gasteiger partial charge in [0, 0.05) is 22.5 Å². The Balaban J connectivity index is 1.50. The quantitative estimate of drug-likeness (QED) is 0.313. The Hall–Kier alpha value is -3.34. The van der Waals surface area contributed by atoms with Crippen LogP contribution in [0.25, 0.3) is 0 Å². The van der Waals surface area contributed by atoms with Crippen LogP contribution < -0.4 is 14.9 Å². The van der Waals surface area contributed by atoms with E-state index in [0.717, 1.165) is 33.4 Å². The van der Waals surface area contributed by atoms with E-state index in [2.05, 4.69) is 15.0 Å². The van der Waals surface area contributed by atoms with Crippen LogP contribution in [0.4, 0.5) is 11.4 Å². The molecule has 1 fully saturated rings. The molecule has 0 spiro atoms. The molecule has 178 valence electrons. The first-order valence-corrected chi connectivity index (χ1v) is 13.9. The number of benzene rings is 2. The van der Waals surface area contributed by atoms with Gasteiger partial charge in [0.05, 0.1) is 18.0 Å². The van der Waals surface area contributed by atoms with Crippen molar-refractivity contribution < 1.29 is 12.8 Å². The van der Waals surface area contributed by atoms with Crippen molar-refractivity contribution >= 4 is 50.5 Å². The molecule has 4 aromatic rings. The molecule has 5 rings (SSSR count). The van der Waals surface area contributed by atoms with Gasteiger partial charge in [-0.2, -0.15) is 0 Å². The smallest absolute Gasteiger partial charge is 0.229 e. The van der Waals surface area contributed by atoms with E-state index in [1.807, 2.05) is 77.7 Å². The SMILES string of the molecule is CS(=O)(=O)Nc1ccc(N2C(=S)NC(c3ccccn3)C2c2ccc(Sc3ccccc3)o2)cc1. The second-order valence-corrected chi connectivity index (χ2v) is 11.2. The number of thiocarbonyl (C=S) groups is 1. The topological polar surface area (TPSA) is 87.5 Å². The normalized spacial score (nSPS) is 17.9. The van der Waals surface area contributed by atoms with Gasteiger partial charge in [-0.1, -0.05) is 36.0 Å². The minimum atomic E-state index is -3.37. The van der Waals surface area contributed by atoms with E-state index in [4.69, 9.17) is 16.6 Å². The highest BCUT2D eigenvalue weighted by molar-refractivity contribution is 7.99. The first-order valence-electron chi connectivity index (χ1n) is 10.8. The van der Waals surface area contributed by atoms with Crippen molar-refractivity contribution in [3.05, 3.63) is 103 Å². The second-order valence-electron chi connectivity index (χ2n) is 7.99. The van der Waals surface area contributed by atoms with E-state index in [-0.39, 0.29) is 12.1 Å². The van der Waals surface area contributed by atoms with Crippen molar-refractivity contribution in [2.24, 2.45) is 0 Å². The zero-order valence-electron chi connectivity index (χ0n) is 18.7. The summed E-state index contributed by atoms with van der Waals surface area (Å²) in [6.07, 6.45) is 2.88. The fraction of sp³-hybridized carbons (Fsp3) is 0.120. The third kappa shape index (κ3) is 5.34. The number of sulfonamides is 1. The predicted octanol–water partition coefficient (Wildman–Crippen LogP) is 5.37. The minimum absolute atomic E-state index is 0.238. The van der Waals surface area contributed by atoms with Crippen LogP contribution in [0.3, 0.4) is 0 Å². The number of rotatable bonds is 7. The molecule has 0 aliphatic carbocycles. The van der Waals surface area contributed by atoms with Gasteiger partial charge in [0.2, 0.25) is 10.0 Å². The highest BCUT2D eigenvalue weighted by Gasteiger charge is 2.42. The third-order valence-electron chi connectivity index (χ3n) is 5.40. The lowest BCUT2D eigenvalue weighted by atomic mass is 10.0. The Kier molecular flexibility index (Phi) is 6.50. The second kappa shape index (κ2) is 9.73. The van der Waals surface area contributed by atoms with Gasteiger partial charge < -0.3 is 14.6 Å². The van der Waals surface area contributed by atoms with Crippen molar-refractivity contribution in [3.8, 4) is 0 Å². The van der Waals surface area contributed by atoms with Crippen LogP contribution in [0.2, 0.25) is 0 Å². The molecule has 3 heterocycles. The lowest BCUT2D eigenvalue weighted by Gasteiger charge is -2.26. The van der Waals surface area contributed by atoms with Crippen molar-refractivity contribution in [3.63, 3.8) is 0 Å². The van der Waals surface area contributed by atoms with Crippen LogP contribution in [0.5, 0.6) is 0 Å². The Labute approximate surface area is 213 Å². The molecule has 0 saturated carbocycles. The van der Waals surface area contributed by atoms with Crippen LogP contribution in [0.15, 0.2) is 106 Å². The van der Waals surface area contributed by atoms with Crippen LogP contribution in [-0.2, 0) is 10.0 Å². The molecule has 2 aromatic heterocycles. The minimum Gasteiger partial charge on any atom is -0.452 e. The maximum Gasteiger partial charge on any atom is 0.229 e. The summed E-state index contributed by atoms with van der Waals surface area (Å²) in [7, 11) is -3.37. The molecular weight excluding hydrogens is 501 g/mol. The van der Waals surface area contributed by atoms with Gasteiger partial charge in [0.1, 0.15) is 11.8 Å². The maximum absolute atomic E-state index is 11.6. The summed E-state index contributed by atoms with van der Waals surface area (Å²) in [5, 5.41) is 4.70. The molecule has 10 heteroatoms. The van der Waals surface area contributed by atoms with Gasteiger partial charge in [-0.05, 0) is 72.9 Å². The largest absolute Gasteiger partial charge is 0.452 e. The van der Waals surface area contributed by atoms with Gasteiger partial charge in [-0.15, -0.1) is 0 Å². The molecule has 2 unspecified atom stereocenters. The molecule has 2 atom stereocenters. The average molecular weight is 523 g/mol. The zero-order chi connectivity index (χ0) is 24.4. The number of furan rings is 1. The number of anilines is 2. The Morgan fingerprint density at radius 1 is 1.00 bits per heavy atom. The average Bonchev–Trinajstić information content (AvgIpc) is 3.44. The van der Waals surface area contributed by atoms with Crippen LogP contribution in [0.1, 0.15) is 23.5 Å². The van der Waals surface area contributed by atoms with Gasteiger partial charge in [-0.25, -0.2) is 8.42 Å². The first kappa shape index (κ1) is 23.4. The van der Waals surface area contributed by atoms with Crippen LogP contribution in [-0.4, -0.2) is 24.8 Å². The predicted molar refractivity (Wildman–Crippen MR) is 142 cm³/mol. The fourth-order valence-electron chi connectivity index (χ4n) is 3.98. The van der Waals surface area contributed by atoms with Gasteiger partial charge in [-0.3, -0.25) is 9.71 Å². The molecular formula is C25H22N4O3S3. The number of pyridine rings is 1. The molecule has 35 heavy (non-hydrogen) atoms. The summed E-state index contributed by atoms with van der Waals surface area (Å²) in [6.45, 7) is 0. The van der Waals surface area contributed by atoms with E-state index < -0.39 is 10.0 Å². The summed E-state index contributed by atoms with van der Waals surface area (Å²) in [5.74, 6) is 0.741. The van der Waals surface area contributed by atoms with E-state index in [9.17, 15) is 8.42 Å². The number of aromatic nitrogens is 1. The number of hydrogen-bond donors (Lipinski definition) is 2. The highest BCUT2D eigenvalue weighted by Crippen LogP contribution is 2.43. The summed E-state index contributed by atoms with van der Waals surface area (Å²) in [5.41, 5.74) is 2.12. The van der Waals surface area contributed by atoms with E-state index in [1.54, 1.807) is 30.1 Å². The molecule has 1 aliphatic rings. The maximum atomic E-state index is 11.6. The molecule has 2 N–H and O–H groups in total. The van der Waals surface area contributed by atoms with Crippen LogP contribution in [0, 0.1) is 0 Å². The van der Waals surface area contributed by atoms with E-state index in [1.165, 1.54) is 0 Å². The summed E-state index contributed by atoms with van der Waals surface area (Å²) < 4.78 is 32.0. The highest BCUT2D eigenvalue weighted by atomic mass is 32.2. The summed E-state index contributed by atoms with van der Waals surface area (Å²) >= 11 is 7.29. The lowest BCUT2D eigenvalue weighted by molar-refractivity contribution is 0.383.